The van der Waals surface area contributed by atoms with Crippen molar-refractivity contribution in [3.05, 3.63) is 42.4 Å². The number of hydrogen-bond donors (Lipinski definition) is 3. The van der Waals surface area contributed by atoms with Gasteiger partial charge in [-0.3, -0.25) is 4.79 Å². The fourth-order valence-corrected chi connectivity index (χ4v) is 4.71. The number of nitrogens with one attached hydrogen (secondary N) is 2. The summed E-state index contributed by atoms with van der Waals surface area (Å²) < 4.78 is 31.0. The van der Waals surface area contributed by atoms with Gasteiger partial charge in [-0.15, -0.1) is 0 Å². The largest absolute Gasteiger partial charge is 0.393 e. The Bertz CT molecular complexity index is 1420. The highest BCUT2D eigenvalue weighted by Gasteiger charge is 2.49. The van der Waals surface area contributed by atoms with Gasteiger partial charge in [0.1, 0.15) is 17.0 Å². The molecule has 1 amide bonds. The number of fused-ring (bicyclic) bond motifs is 2. The molecule has 4 aromatic rings. The van der Waals surface area contributed by atoms with Crippen LogP contribution < -0.4 is 10.6 Å². The summed E-state index contributed by atoms with van der Waals surface area (Å²) in [5.41, 5.74) is 2.61. The highest BCUT2D eigenvalue weighted by molar-refractivity contribution is 6.01. The first-order valence-corrected chi connectivity index (χ1v) is 11.2. The number of amides is 1. The van der Waals surface area contributed by atoms with Crippen molar-refractivity contribution in [2.45, 2.75) is 49.8 Å². The molecule has 2 aliphatic carbocycles. The lowest BCUT2D eigenvalue weighted by Gasteiger charge is -2.36. The third-order valence-electron chi connectivity index (χ3n) is 6.90. The Morgan fingerprint density at radius 1 is 1.29 bits per heavy atom. The first-order valence-electron chi connectivity index (χ1n) is 11.2. The first kappa shape index (κ1) is 21.0. The van der Waals surface area contributed by atoms with Crippen LogP contribution in [0.3, 0.4) is 0 Å². The van der Waals surface area contributed by atoms with Gasteiger partial charge in [0.2, 0.25) is 0 Å². The number of rotatable bonds is 5. The highest BCUT2D eigenvalue weighted by Crippen LogP contribution is 2.39. The van der Waals surface area contributed by atoms with Crippen molar-refractivity contribution in [1.29, 1.82) is 0 Å². The number of hydrogen-bond acceptors (Lipinski definition) is 6. The molecule has 6 rings (SSSR count). The van der Waals surface area contributed by atoms with Gasteiger partial charge in [-0.2, -0.15) is 9.61 Å². The average molecular weight is 467 g/mol. The zero-order valence-corrected chi connectivity index (χ0v) is 18.4. The zero-order chi connectivity index (χ0) is 23.6. The van der Waals surface area contributed by atoms with Crippen LogP contribution in [0.4, 0.5) is 14.6 Å². The maximum atomic E-state index is 13.7. The van der Waals surface area contributed by atoms with E-state index in [-0.39, 0.29) is 36.2 Å². The summed E-state index contributed by atoms with van der Waals surface area (Å²) in [7, 11) is 1.73. The molecule has 0 spiro atoms. The Labute approximate surface area is 192 Å². The van der Waals surface area contributed by atoms with E-state index in [0.717, 1.165) is 16.6 Å². The molecule has 4 aromatic heterocycles. The molecule has 1 atom stereocenters. The molecule has 3 N–H and O–H groups in total. The average Bonchev–Trinajstić information content (AvgIpc) is 3.41. The second kappa shape index (κ2) is 7.45. The van der Waals surface area contributed by atoms with Gasteiger partial charge in [-0.05, 0) is 31.4 Å². The van der Waals surface area contributed by atoms with Crippen molar-refractivity contribution < 1.29 is 18.7 Å². The molecule has 0 radical (unpaired) electrons. The highest BCUT2D eigenvalue weighted by atomic mass is 19.3. The minimum Gasteiger partial charge on any atom is -0.393 e. The van der Waals surface area contributed by atoms with Crippen LogP contribution in [0.5, 0.6) is 0 Å². The number of aromatic nitrogens is 5. The summed E-state index contributed by atoms with van der Waals surface area (Å²) in [6, 6.07) is 4.60. The van der Waals surface area contributed by atoms with Crippen LogP contribution in [0.1, 0.15) is 42.1 Å². The van der Waals surface area contributed by atoms with Crippen LogP contribution in [0, 0.1) is 0 Å². The van der Waals surface area contributed by atoms with Crippen molar-refractivity contribution >= 4 is 28.4 Å². The lowest BCUT2D eigenvalue weighted by molar-refractivity contribution is -0.102. The molecule has 9 nitrogen and oxygen atoms in total. The second-order valence-corrected chi connectivity index (χ2v) is 9.00. The molecule has 0 unspecified atom stereocenters. The molecule has 11 heteroatoms. The Hall–Kier alpha value is -3.60. The number of alkyl halides is 2. The smallest absolute Gasteiger partial charge is 0.267 e. The van der Waals surface area contributed by atoms with Gasteiger partial charge in [0.15, 0.2) is 5.65 Å². The molecule has 4 heterocycles. The van der Waals surface area contributed by atoms with E-state index in [0.29, 0.717) is 24.4 Å². The molecular formula is C23H23F2N7O2. The van der Waals surface area contributed by atoms with Gasteiger partial charge in [0, 0.05) is 48.9 Å². The van der Waals surface area contributed by atoms with Gasteiger partial charge in [-0.25, -0.2) is 18.7 Å². The fraction of sp³-hybridized carbons (Fsp3) is 0.391. The van der Waals surface area contributed by atoms with E-state index < -0.39 is 17.9 Å². The molecule has 2 saturated carbocycles. The molecule has 0 aliphatic heterocycles. The van der Waals surface area contributed by atoms with E-state index >= 15 is 0 Å². The molecule has 176 valence electrons. The minimum atomic E-state index is -2.89. The summed E-state index contributed by atoms with van der Waals surface area (Å²) in [6.07, 6.45) is 6.06. The van der Waals surface area contributed by atoms with Gasteiger partial charge < -0.3 is 20.3 Å². The topological polar surface area (TPSA) is 109 Å². The van der Waals surface area contributed by atoms with Gasteiger partial charge in [-0.1, -0.05) is 0 Å². The third-order valence-corrected chi connectivity index (χ3v) is 6.90. The number of carbonyl (C=O) groups excluding carboxylic acids is 1. The first-order chi connectivity index (χ1) is 16.4. The number of nitrogens with zero attached hydrogens (tertiary/aromatic N) is 5. The number of aliphatic hydroxyl groups excluding tert-OH is 1. The molecule has 0 bridgehead atoms. The van der Waals surface area contributed by atoms with E-state index in [1.165, 1.54) is 10.7 Å². The Kier molecular flexibility index (Phi) is 4.60. The second-order valence-electron chi connectivity index (χ2n) is 9.00. The molecule has 0 aromatic carbocycles. The number of aliphatic hydroxyl groups is 1. The van der Waals surface area contributed by atoms with Crippen LogP contribution in [0.25, 0.3) is 27.9 Å². The van der Waals surface area contributed by atoms with Gasteiger partial charge >= 0.3 is 0 Å². The summed E-state index contributed by atoms with van der Waals surface area (Å²) in [6.45, 7) is 0. The lowest BCUT2D eigenvalue weighted by atomic mass is 9.88. The van der Waals surface area contributed by atoms with Gasteiger partial charge in [0.25, 0.3) is 11.8 Å². The summed E-state index contributed by atoms with van der Waals surface area (Å²) in [5.74, 6) is -2.92. The van der Waals surface area contributed by atoms with Crippen molar-refractivity contribution in [1.82, 2.24) is 29.5 Å². The van der Waals surface area contributed by atoms with Gasteiger partial charge in [0.05, 0.1) is 24.0 Å². The van der Waals surface area contributed by atoms with Crippen LogP contribution in [0.15, 0.2) is 36.8 Å². The molecular weight excluding hydrogens is 444 g/mol. The summed E-state index contributed by atoms with van der Waals surface area (Å²) in [4.78, 5) is 22.1. The van der Waals surface area contributed by atoms with Crippen molar-refractivity contribution in [2.75, 3.05) is 12.4 Å². The normalized spacial score (nSPS) is 23.5. The fourth-order valence-electron chi connectivity index (χ4n) is 4.71. The Morgan fingerprint density at radius 3 is 2.79 bits per heavy atom. The molecule has 34 heavy (non-hydrogen) atoms. The molecule has 2 fully saturated rings. The molecule has 0 saturated heterocycles. The third kappa shape index (κ3) is 3.14. The van der Waals surface area contributed by atoms with Crippen molar-refractivity contribution in [3.8, 4) is 11.3 Å². The minimum absolute atomic E-state index is 0.130. The van der Waals surface area contributed by atoms with Crippen molar-refractivity contribution in [2.24, 2.45) is 0 Å². The predicted molar refractivity (Wildman–Crippen MR) is 121 cm³/mol. The number of halogens is 2. The monoisotopic (exact) mass is 467 g/mol. The van der Waals surface area contributed by atoms with Crippen LogP contribution in [-0.4, -0.2) is 60.3 Å². The zero-order valence-electron chi connectivity index (χ0n) is 18.4. The lowest BCUT2D eigenvalue weighted by Crippen LogP contribution is -2.55. The maximum absolute atomic E-state index is 13.7. The van der Waals surface area contributed by atoms with E-state index in [4.69, 9.17) is 4.98 Å². The van der Waals surface area contributed by atoms with Crippen LogP contribution in [0.2, 0.25) is 0 Å². The van der Waals surface area contributed by atoms with Crippen LogP contribution >= 0.6 is 0 Å². The molecule has 2 aliphatic rings. The summed E-state index contributed by atoms with van der Waals surface area (Å²) in [5, 5.41) is 20.4. The SMILES string of the molecule is CNc1cc(-c2cn(C3CC(O)C3)c3ncccc23)nc2c(C(=O)N[C@@H]3CCC3(F)F)cnn12. The number of carbonyl (C=O) groups is 1. The number of anilines is 1. The Morgan fingerprint density at radius 2 is 2.12 bits per heavy atom. The van der Waals surface area contributed by atoms with E-state index in [9.17, 15) is 18.7 Å². The number of pyridine rings is 1. The van der Waals surface area contributed by atoms with E-state index in [1.807, 2.05) is 24.4 Å². The maximum Gasteiger partial charge on any atom is 0.267 e. The summed E-state index contributed by atoms with van der Waals surface area (Å²) >= 11 is 0. The predicted octanol–water partition coefficient (Wildman–Crippen LogP) is 3.01. The van der Waals surface area contributed by atoms with Crippen molar-refractivity contribution in [3.63, 3.8) is 0 Å². The van der Waals surface area contributed by atoms with E-state index in [2.05, 4.69) is 25.3 Å². The Balaban J connectivity index is 1.45. The van der Waals surface area contributed by atoms with E-state index in [1.54, 1.807) is 13.2 Å². The quantitative estimate of drug-likeness (QED) is 0.416. The standard InChI is InChI=1S/C23H23F2N7O2/c1-26-19-9-17(16-11-31(12-7-13(33)8-12)20-14(16)3-2-6-27-20)29-21-15(10-28-32(19)21)22(34)30-18-4-5-23(18,24)25/h2-3,6,9-13,18,26,33H,4-5,7-8H2,1H3,(H,30,34)/t12?,13?,18-/m1/s1. The van der Waals surface area contributed by atoms with Crippen LogP contribution in [-0.2, 0) is 0 Å².